The third-order valence-electron chi connectivity index (χ3n) is 2.88. The second-order valence-corrected chi connectivity index (χ2v) is 4.48. The summed E-state index contributed by atoms with van der Waals surface area (Å²) in [6.45, 7) is 5.68. The van der Waals surface area contributed by atoms with E-state index in [0.29, 0.717) is 17.2 Å². The van der Waals surface area contributed by atoms with E-state index in [2.05, 4.69) is 5.32 Å². The van der Waals surface area contributed by atoms with Gasteiger partial charge in [0.2, 0.25) is 0 Å². The van der Waals surface area contributed by atoms with Crippen LogP contribution in [0.25, 0.3) is 0 Å². The maximum absolute atomic E-state index is 11.8. The second-order valence-electron chi connectivity index (χ2n) is 4.48. The number of nitrogens with two attached hydrogens (primary N) is 1. The number of rotatable bonds is 6. The van der Waals surface area contributed by atoms with Crippen molar-refractivity contribution in [3.8, 4) is 11.5 Å². The third-order valence-corrected chi connectivity index (χ3v) is 2.88. The highest BCUT2D eigenvalue weighted by molar-refractivity contribution is 5.81. The number of methoxy groups -OCH3 is 1. The van der Waals surface area contributed by atoms with Gasteiger partial charge in [-0.1, -0.05) is 6.92 Å². The van der Waals surface area contributed by atoms with Crippen molar-refractivity contribution in [2.75, 3.05) is 12.8 Å². The molecule has 0 radical (unpaired) electrons. The van der Waals surface area contributed by atoms with Crippen LogP contribution in [0.1, 0.15) is 27.2 Å². The molecule has 0 heterocycles. The molecule has 0 aliphatic heterocycles. The SMILES string of the molecule is CCC(C)NC(=O)C(C)Oc1ccc(OC)c(N)c1. The third kappa shape index (κ3) is 4.35. The van der Waals surface area contributed by atoms with Crippen molar-refractivity contribution in [1.82, 2.24) is 5.32 Å². The molecular weight excluding hydrogens is 244 g/mol. The number of carbonyl (C=O) groups excluding carboxylic acids is 1. The van der Waals surface area contributed by atoms with Crippen LogP contribution in [-0.4, -0.2) is 25.2 Å². The Hall–Kier alpha value is -1.91. The van der Waals surface area contributed by atoms with E-state index in [1.54, 1.807) is 32.2 Å². The number of nitrogen functional groups attached to an aromatic ring is 1. The summed E-state index contributed by atoms with van der Waals surface area (Å²) in [4.78, 5) is 11.8. The Kier molecular flexibility index (Phi) is 5.48. The molecule has 5 heteroatoms. The molecule has 0 spiro atoms. The summed E-state index contributed by atoms with van der Waals surface area (Å²) in [5.41, 5.74) is 6.26. The van der Waals surface area contributed by atoms with Gasteiger partial charge in [0, 0.05) is 12.1 Å². The van der Waals surface area contributed by atoms with Crippen LogP contribution in [0.15, 0.2) is 18.2 Å². The van der Waals surface area contributed by atoms with Gasteiger partial charge in [0.05, 0.1) is 12.8 Å². The van der Waals surface area contributed by atoms with Crippen molar-refractivity contribution in [2.24, 2.45) is 0 Å². The Bertz CT molecular complexity index is 435. The Labute approximate surface area is 114 Å². The maximum Gasteiger partial charge on any atom is 0.260 e. The normalized spacial score (nSPS) is 13.5. The molecule has 1 aromatic rings. The van der Waals surface area contributed by atoms with E-state index in [9.17, 15) is 4.79 Å². The number of benzene rings is 1. The highest BCUT2D eigenvalue weighted by Crippen LogP contribution is 2.26. The molecule has 0 bridgehead atoms. The van der Waals surface area contributed by atoms with Gasteiger partial charge in [-0.2, -0.15) is 0 Å². The molecule has 1 aromatic carbocycles. The lowest BCUT2D eigenvalue weighted by Crippen LogP contribution is -2.40. The van der Waals surface area contributed by atoms with Crippen LogP contribution >= 0.6 is 0 Å². The van der Waals surface area contributed by atoms with E-state index < -0.39 is 6.10 Å². The molecule has 2 unspecified atom stereocenters. The average molecular weight is 266 g/mol. The minimum absolute atomic E-state index is 0.135. The standard InChI is InChI=1S/C14H22N2O3/c1-5-9(2)16-14(17)10(3)19-11-6-7-13(18-4)12(15)8-11/h6-10H,5,15H2,1-4H3,(H,16,17). The van der Waals surface area contributed by atoms with Crippen molar-refractivity contribution in [3.63, 3.8) is 0 Å². The van der Waals surface area contributed by atoms with Crippen LogP contribution < -0.4 is 20.5 Å². The Morgan fingerprint density at radius 1 is 1.42 bits per heavy atom. The van der Waals surface area contributed by atoms with Crippen molar-refractivity contribution in [3.05, 3.63) is 18.2 Å². The van der Waals surface area contributed by atoms with Gasteiger partial charge in [0.1, 0.15) is 11.5 Å². The predicted octanol–water partition coefficient (Wildman–Crippen LogP) is 1.96. The zero-order chi connectivity index (χ0) is 14.4. The van der Waals surface area contributed by atoms with Crippen molar-refractivity contribution in [2.45, 2.75) is 39.3 Å². The summed E-state index contributed by atoms with van der Waals surface area (Å²) in [6, 6.07) is 5.22. The van der Waals surface area contributed by atoms with Crippen LogP contribution in [-0.2, 0) is 4.79 Å². The zero-order valence-corrected chi connectivity index (χ0v) is 11.9. The minimum Gasteiger partial charge on any atom is -0.495 e. The van der Waals surface area contributed by atoms with Gasteiger partial charge in [-0.25, -0.2) is 0 Å². The van der Waals surface area contributed by atoms with Crippen LogP contribution in [0.3, 0.4) is 0 Å². The number of nitrogens with one attached hydrogen (secondary N) is 1. The van der Waals surface area contributed by atoms with Gasteiger partial charge >= 0.3 is 0 Å². The van der Waals surface area contributed by atoms with E-state index in [4.69, 9.17) is 15.2 Å². The first-order valence-electron chi connectivity index (χ1n) is 6.38. The maximum atomic E-state index is 11.8. The average Bonchev–Trinajstić information content (AvgIpc) is 2.38. The molecule has 3 N–H and O–H groups in total. The predicted molar refractivity (Wildman–Crippen MR) is 75.4 cm³/mol. The molecule has 0 saturated carbocycles. The Balaban J connectivity index is 2.63. The zero-order valence-electron chi connectivity index (χ0n) is 11.9. The molecular formula is C14H22N2O3. The van der Waals surface area contributed by atoms with Gasteiger partial charge in [-0.15, -0.1) is 0 Å². The van der Waals surface area contributed by atoms with Crippen molar-refractivity contribution in [1.29, 1.82) is 0 Å². The molecule has 0 aromatic heterocycles. The molecule has 19 heavy (non-hydrogen) atoms. The van der Waals surface area contributed by atoms with E-state index in [1.165, 1.54) is 0 Å². The van der Waals surface area contributed by atoms with Gasteiger partial charge in [0.15, 0.2) is 6.10 Å². The highest BCUT2D eigenvalue weighted by atomic mass is 16.5. The first kappa shape index (κ1) is 15.1. The minimum atomic E-state index is -0.568. The fraction of sp³-hybridized carbons (Fsp3) is 0.500. The smallest absolute Gasteiger partial charge is 0.260 e. The highest BCUT2D eigenvalue weighted by Gasteiger charge is 2.16. The fourth-order valence-corrected chi connectivity index (χ4v) is 1.51. The molecule has 0 fully saturated rings. The lowest BCUT2D eigenvalue weighted by molar-refractivity contribution is -0.127. The largest absolute Gasteiger partial charge is 0.495 e. The molecule has 2 atom stereocenters. The van der Waals surface area contributed by atoms with Crippen molar-refractivity contribution < 1.29 is 14.3 Å². The van der Waals surface area contributed by atoms with Gasteiger partial charge < -0.3 is 20.5 Å². The number of amides is 1. The Morgan fingerprint density at radius 2 is 2.11 bits per heavy atom. The second kappa shape index (κ2) is 6.87. The van der Waals surface area contributed by atoms with Gasteiger partial charge in [-0.05, 0) is 32.4 Å². The molecule has 106 valence electrons. The quantitative estimate of drug-likeness (QED) is 0.772. The van der Waals surface area contributed by atoms with Gasteiger partial charge in [-0.3, -0.25) is 4.79 Å². The summed E-state index contributed by atoms with van der Waals surface area (Å²) in [7, 11) is 1.55. The molecule has 0 aliphatic rings. The number of ether oxygens (including phenoxy) is 2. The fourth-order valence-electron chi connectivity index (χ4n) is 1.51. The first-order valence-corrected chi connectivity index (χ1v) is 6.38. The van der Waals surface area contributed by atoms with Crippen LogP contribution in [0.4, 0.5) is 5.69 Å². The number of hydrogen-bond donors (Lipinski definition) is 2. The topological polar surface area (TPSA) is 73.6 Å². The van der Waals surface area contributed by atoms with Crippen LogP contribution in [0, 0.1) is 0 Å². The summed E-state index contributed by atoms with van der Waals surface area (Å²) >= 11 is 0. The van der Waals surface area contributed by atoms with E-state index in [0.717, 1.165) is 6.42 Å². The summed E-state index contributed by atoms with van der Waals surface area (Å²) in [6.07, 6.45) is 0.315. The lowest BCUT2D eigenvalue weighted by atomic mass is 10.2. The van der Waals surface area contributed by atoms with E-state index in [1.807, 2.05) is 13.8 Å². The Morgan fingerprint density at radius 3 is 2.63 bits per heavy atom. The van der Waals surface area contributed by atoms with Crippen LogP contribution in [0.5, 0.6) is 11.5 Å². The number of carbonyl (C=O) groups is 1. The van der Waals surface area contributed by atoms with Crippen LogP contribution in [0.2, 0.25) is 0 Å². The lowest BCUT2D eigenvalue weighted by Gasteiger charge is -2.18. The van der Waals surface area contributed by atoms with E-state index >= 15 is 0 Å². The number of anilines is 1. The summed E-state index contributed by atoms with van der Waals surface area (Å²) < 4.78 is 10.6. The van der Waals surface area contributed by atoms with E-state index in [-0.39, 0.29) is 11.9 Å². The molecule has 0 aliphatic carbocycles. The molecule has 5 nitrogen and oxygen atoms in total. The number of hydrogen-bond acceptors (Lipinski definition) is 4. The van der Waals surface area contributed by atoms with Crippen molar-refractivity contribution >= 4 is 11.6 Å². The summed E-state index contributed by atoms with van der Waals surface area (Å²) in [5, 5.41) is 2.87. The monoisotopic (exact) mass is 266 g/mol. The van der Waals surface area contributed by atoms with Gasteiger partial charge in [0.25, 0.3) is 5.91 Å². The molecule has 1 rings (SSSR count). The molecule has 1 amide bonds. The molecule has 0 saturated heterocycles. The first-order chi connectivity index (χ1) is 8.97. The summed E-state index contributed by atoms with van der Waals surface area (Å²) in [5.74, 6) is 0.998.